The highest BCUT2D eigenvalue weighted by atomic mass is 19.1. The molecule has 2 aromatic carbocycles. The lowest BCUT2D eigenvalue weighted by molar-refractivity contribution is 0.0950. The van der Waals surface area contributed by atoms with Gasteiger partial charge >= 0.3 is 0 Å². The fraction of sp³-hybridized carbons (Fsp3) is 0.188. The number of methoxy groups -OCH3 is 1. The summed E-state index contributed by atoms with van der Waals surface area (Å²) in [6, 6.07) is 11.6. The van der Waals surface area contributed by atoms with Crippen molar-refractivity contribution in [1.29, 1.82) is 0 Å². The number of carbonyl (C=O) groups is 1. The molecule has 104 valence electrons. The molecule has 4 heteroatoms. The number of rotatable bonds is 4. The zero-order chi connectivity index (χ0) is 14.5. The quantitative estimate of drug-likeness (QED) is 0.929. The SMILES string of the molecule is COc1cccc(CNC(=O)c2cc(F)ccc2C)c1. The van der Waals surface area contributed by atoms with Crippen molar-refractivity contribution in [1.82, 2.24) is 5.32 Å². The van der Waals surface area contributed by atoms with Crippen LogP contribution in [0.1, 0.15) is 21.5 Å². The summed E-state index contributed by atoms with van der Waals surface area (Å²) in [5.74, 6) is 0.0330. The molecule has 0 fully saturated rings. The van der Waals surface area contributed by atoms with Gasteiger partial charge in [0.2, 0.25) is 0 Å². The molecule has 0 aliphatic carbocycles. The third kappa shape index (κ3) is 3.35. The van der Waals surface area contributed by atoms with E-state index in [0.29, 0.717) is 12.1 Å². The summed E-state index contributed by atoms with van der Waals surface area (Å²) in [7, 11) is 1.59. The first-order valence-electron chi connectivity index (χ1n) is 6.27. The topological polar surface area (TPSA) is 38.3 Å². The second-order valence-corrected chi connectivity index (χ2v) is 4.49. The van der Waals surface area contributed by atoms with Crippen molar-refractivity contribution in [3.05, 3.63) is 65.0 Å². The average Bonchev–Trinajstić information content (AvgIpc) is 2.47. The molecule has 3 nitrogen and oxygen atoms in total. The minimum absolute atomic E-state index is 0.287. The van der Waals surface area contributed by atoms with Gasteiger partial charge in [-0.2, -0.15) is 0 Å². The van der Waals surface area contributed by atoms with Crippen molar-refractivity contribution in [2.24, 2.45) is 0 Å². The number of hydrogen-bond acceptors (Lipinski definition) is 2. The van der Waals surface area contributed by atoms with Gasteiger partial charge in [0.25, 0.3) is 5.91 Å². The second kappa shape index (κ2) is 6.19. The van der Waals surface area contributed by atoms with E-state index < -0.39 is 5.82 Å². The molecule has 0 aromatic heterocycles. The standard InChI is InChI=1S/C16H16FNO2/c1-11-6-7-13(17)9-15(11)16(19)18-10-12-4-3-5-14(8-12)20-2/h3-9H,10H2,1-2H3,(H,18,19). The number of benzene rings is 2. The van der Waals surface area contributed by atoms with Crippen LogP contribution < -0.4 is 10.1 Å². The van der Waals surface area contributed by atoms with Gasteiger partial charge < -0.3 is 10.1 Å². The smallest absolute Gasteiger partial charge is 0.251 e. The molecular formula is C16H16FNO2. The Labute approximate surface area is 117 Å². The van der Waals surface area contributed by atoms with E-state index in [4.69, 9.17) is 4.74 Å². The van der Waals surface area contributed by atoms with Crippen LogP contribution in [-0.2, 0) is 6.54 Å². The molecule has 0 aliphatic rings. The van der Waals surface area contributed by atoms with Crippen LogP contribution in [0.15, 0.2) is 42.5 Å². The molecule has 0 radical (unpaired) electrons. The summed E-state index contributed by atoms with van der Waals surface area (Å²) in [4.78, 5) is 12.0. The Morgan fingerprint density at radius 2 is 2.05 bits per heavy atom. The van der Waals surface area contributed by atoms with Crippen LogP contribution in [0.3, 0.4) is 0 Å². The first-order chi connectivity index (χ1) is 9.60. The molecule has 0 bridgehead atoms. The van der Waals surface area contributed by atoms with Crippen LogP contribution in [-0.4, -0.2) is 13.0 Å². The van der Waals surface area contributed by atoms with Gasteiger partial charge in [0.15, 0.2) is 0 Å². The molecule has 0 atom stereocenters. The van der Waals surface area contributed by atoms with Gasteiger partial charge in [0, 0.05) is 12.1 Å². The summed E-state index contributed by atoms with van der Waals surface area (Å²) < 4.78 is 18.3. The van der Waals surface area contributed by atoms with E-state index in [9.17, 15) is 9.18 Å². The van der Waals surface area contributed by atoms with Gasteiger partial charge in [-0.15, -0.1) is 0 Å². The minimum atomic E-state index is -0.415. The summed E-state index contributed by atoms with van der Waals surface area (Å²) in [6.45, 7) is 2.14. The highest BCUT2D eigenvalue weighted by Gasteiger charge is 2.09. The fourth-order valence-electron chi connectivity index (χ4n) is 1.90. The Morgan fingerprint density at radius 1 is 1.25 bits per heavy atom. The van der Waals surface area contributed by atoms with Crippen molar-refractivity contribution in [3.63, 3.8) is 0 Å². The Morgan fingerprint density at radius 3 is 2.80 bits per heavy atom. The second-order valence-electron chi connectivity index (χ2n) is 4.49. The average molecular weight is 273 g/mol. The lowest BCUT2D eigenvalue weighted by Gasteiger charge is -2.09. The molecule has 0 aliphatic heterocycles. The van der Waals surface area contributed by atoms with E-state index >= 15 is 0 Å². The van der Waals surface area contributed by atoms with Gasteiger partial charge in [-0.25, -0.2) is 4.39 Å². The van der Waals surface area contributed by atoms with Gasteiger partial charge in [0.05, 0.1) is 7.11 Å². The van der Waals surface area contributed by atoms with E-state index in [1.165, 1.54) is 12.1 Å². The highest BCUT2D eigenvalue weighted by Crippen LogP contribution is 2.13. The number of carbonyl (C=O) groups excluding carboxylic acids is 1. The van der Waals surface area contributed by atoms with Crippen LogP contribution in [0, 0.1) is 12.7 Å². The Balaban J connectivity index is 2.06. The molecular weight excluding hydrogens is 257 g/mol. The lowest BCUT2D eigenvalue weighted by Crippen LogP contribution is -2.23. The van der Waals surface area contributed by atoms with Gasteiger partial charge in [-0.1, -0.05) is 18.2 Å². The molecule has 0 saturated carbocycles. The molecule has 0 heterocycles. The van der Waals surface area contributed by atoms with E-state index in [1.54, 1.807) is 20.1 Å². The molecule has 2 rings (SSSR count). The van der Waals surface area contributed by atoms with E-state index in [0.717, 1.165) is 16.9 Å². The highest BCUT2D eigenvalue weighted by molar-refractivity contribution is 5.95. The Hall–Kier alpha value is -2.36. The molecule has 1 amide bonds. The molecule has 1 N–H and O–H groups in total. The summed E-state index contributed by atoms with van der Waals surface area (Å²) in [5.41, 5.74) is 2.02. The van der Waals surface area contributed by atoms with Crippen LogP contribution in [0.4, 0.5) is 4.39 Å². The van der Waals surface area contributed by atoms with E-state index in [2.05, 4.69) is 5.32 Å². The maximum absolute atomic E-state index is 13.2. The van der Waals surface area contributed by atoms with E-state index in [1.807, 2.05) is 24.3 Å². The monoisotopic (exact) mass is 273 g/mol. The maximum Gasteiger partial charge on any atom is 0.251 e. The van der Waals surface area contributed by atoms with Crippen molar-refractivity contribution < 1.29 is 13.9 Å². The number of aryl methyl sites for hydroxylation is 1. The molecule has 20 heavy (non-hydrogen) atoms. The van der Waals surface area contributed by atoms with Crippen LogP contribution in [0.25, 0.3) is 0 Å². The molecule has 0 unspecified atom stereocenters. The van der Waals surface area contributed by atoms with Gasteiger partial charge in [-0.3, -0.25) is 4.79 Å². The van der Waals surface area contributed by atoms with E-state index in [-0.39, 0.29) is 5.91 Å². The largest absolute Gasteiger partial charge is 0.497 e. The predicted octanol–water partition coefficient (Wildman–Crippen LogP) is 3.07. The van der Waals surface area contributed by atoms with Crippen LogP contribution >= 0.6 is 0 Å². The number of halogens is 1. The van der Waals surface area contributed by atoms with Crippen molar-refractivity contribution in [2.45, 2.75) is 13.5 Å². The number of ether oxygens (including phenoxy) is 1. The van der Waals surface area contributed by atoms with Gasteiger partial charge in [0.1, 0.15) is 11.6 Å². The Kier molecular flexibility index (Phi) is 4.35. The van der Waals surface area contributed by atoms with Crippen molar-refractivity contribution in [2.75, 3.05) is 7.11 Å². The number of hydrogen-bond donors (Lipinski definition) is 1. The lowest BCUT2D eigenvalue weighted by atomic mass is 10.1. The van der Waals surface area contributed by atoms with Crippen LogP contribution in [0.2, 0.25) is 0 Å². The van der Waals surface area contributed by atoms with Crippen molar-refractivity contribution in [3.8, 4) is 5.75 Å². The fourth-order valence-corrected chi connectivity index (χ4v) is 1.90. The molecule has 0 saturated heterocycles. The third-order valence-corrected chi connectivity index (χ3v) is 3.03. The summed E-state index contributed by atoms with van der Waals surface area (Å²) >= 11 is 0. The zero-order valence-corrected chi connectivity index (χ0v) is 11.4. The molecule has 2 aromatic rings. The maximum atomic E-state index is 13.2. The normalized spacial score (nSPS) is 10.2. The number of nitrogens with one attached hydrogen (secondary N) is 1. The van der Waals surface area contributed by atoms with Crippen molar-refractivity contribution >= 4 is 5.91 Å². The number of amides is 1. The summed E-state index contributed by atoms with van der Waals surface area (Å²) in [5, 5.41) is 2.77. The first-order valence-corrected chi connectivity index (χ1v) is 6.27. The zero-order valence-electron chi connectivity index (χ0n) is 11.4. The third-order valence-electron chi connectivity index (χ3n) is 3.03. The summed E-state index contributed by atoms with van der Waals surface area (Å²) in [6.07, 6.45) is 0. The van der Waals surface area contributed by atoms with Gasteiger partial charge in [-0.05, 0) is 42.3 Å². The van der Waals surface area contributed by atoms with Crippen LogP contribution in [0.5, 0.6) is 5.75 Å². The minimum Gasteiger partial charge on any atom is -0.497 e. The predicted molar refractivity (Wildman–Crippen MR) is 75.3 cm³/mol. The first kappa shape index (κ1) is 14.1. The molecule has 0 spiro atoms. The Bertz CT molecular complexity index is 626.